The van der Waals surface area contributed by atoms with Gasteiger partial charge in [0.2, 0.25) is 0 Å². The van der Waals surface area contributed by atoms with Crippen molar-refractivity contribution in [3.05, 3.63) is 34.9 Å². The molecule has 0 unspecified atom stereocenters. The van der Waals surface area contributed by atoms with E-state index in [-0.39, 0.29) is 0 Å². The molecule has 1 aromatic rings. The minimum absolute atomic E-state index is 0.629. The van der Waals surface area contributed by atoms with Crippen LogP contribution in [0.25, 0.3) is 0 Å². The van der Waals surface area contributed by atoms with Crippen LogP contribution < -0.4 is 0 Å². The lowest BCUT2D eigenvalue weighted by molar-refractivity contribution is 0.774. The van der Waals surface area contributed by atoms with Crippen molar-refractivity contribution in [2.24, 2.45) is 0 Å². The van der Waals surface area contributed by atoms with Gasteiger partial charge in [-0.25, -0.2) is 0 Å². The molecule has 0 heterocycles. The van der Waals surface area contributed by atoms with E-state index in [1.165, 1.54) is 6.17 Å². The first-order valence-electron chi connectivity index (χ1n) is 2.70. The van der Waals surface area contributed by atoms with Gasteiger partial charge in [0.15, 0.2) is 0 Å². The van der Waals surface area contributed by atoms with Gasteiger partial charge >= 0.3 is 0 Å². The van der Waals surface area contributed by atoms with Crippen molar-refractivity contribution in [3.63, 3.8) is 0 Å². The van der Waals surface area contributed by atoms with Crippen LogP contribution in [0.5, 0.6) is 0 Å². The van der Waals surface area contributed by atoms with Crippen LogP contribution in [0.4, 0.5) is 4.39 Å². The first-order chi connectivity index (χ1) is 4.83. The molecule has 0 spiro atoms. The summed E-state index contributed by atoms with van der Waals surface area (Å²) in [5, 5.41) is 0.629. The average Bonchev–Trinajstić information content (AvgIpc) is 1.95. The molecular weight excluding hydrogens is 151 g/mol. The van der Waals surface area contributed by atoms with E-state index in [1.807, 2.05) is 0 Å². The third-order valence-electron chi connectivity index (χ3n) is 1.04. The molecule has 0 aliphatic carbocycles. The zero-order chi connectivity index (χ0) is 7.40. The SMILES string of the molecule is FC#Cc1ccc(Cl)cc1. The van der Waals surface area contributed by atoms with Crippen LogP contribution in [0.15, 0.2) is 24.3 Å². The molecule has 10 heavy (non-hydrogen) atoms. The Labute approximate surface area is 63.6 Å². The van der Waals surface area contributed by atoms with Crippen LogP contribution in [-0.4, -0.2) is 0 Å². The number of halogens is 2. The van der Waals surface area contributed by atoms with E-state index >= 15 is 0 Å². The molecule has 0 N–H and O–H groups in total. The Morgan fingerprint density at radius 1 is 1.20 bits per heavy atom. The summed E-state index contributed by atoms with van der Waals surface area (Å²) in [6, 6.07) is 6.66. The highest BCUT2D eigenvalue weighted by molar-refractivity contribution is 6.30. The summed E-state index contributed by atoms with van der Waals surface area (Å²) in [5.41, 5.74) is 0.631. The smallest absolute Gasteiger partial charge is 0.111 e. The molecule has 0 amide bonds. The van der Waals surface area contributed by atoms with Crippen molar-refractivity contribution >= 4 is 11.6 Å². The summed E-state index contributed by atoms with van der Waals surface area (Å²) in [4.78, 5) is 0. The summed E-state index contributed by atoms with van der Waals surface area (Å²) in [5.74, 6) is 2.26. The highest BCUT2D eigenvalue weighted by Crippen LogP contribution is 2.07. The summed E-state index contributed by atoms with van der Waals surface area (Å²) < 4.78 is 11.4. The standard InChI is InChI=1S/C8H4ClF/c9-8-3-1-7(2-4-8)5-6-10/h1-4H. The first-order valence-corrected chi connectivity index (χ1v) is 3.08. The summed E-state index contributed by atoms with van der Waals surface area (Å²) in [7, 11) is 0. The van der Waals surface area contributed by atoms with Crippen LogP contribution >= 0.6 is 11.6 Å². The van der Waals surface area contributed by atoms with Gasteiger partial charge in [-0.15, -0.1) is 4.39 Å². The van der Waals surface area contributed by atoms with Gasteiger partial charge in [-0.3, -0.25) is 0 Å². The normalized spacial score (nSPS) is 8.20. The maximum Gasteiger partial charge on any atom is 0.111 e. The van der Waals surface area contributed by atoms with E-state index in [9.17, 15) is 4.39 Å². The summed E-state index contributed by atoms with van der Waals surface area (Å²) in [6.07, 6.45) is 1.31. The molecule has 0 saturated carbocycles. The highest BCUT2D eigenvalue weighted by atomic mass is 35.5. The van der Waals surface area contributed by atoms with E-state index in [0.717, 1.165) is 0 Å². The van der Waals surface area contributed by atoms with Crippen molar-refractivity contribution in [2.75, 3.05) is 0 Å². The molecule has 0 aliphatic rings. The predicted octanol–water partition coefficient (Wildman–Crippen LogP) is 2.62. The van der Waals surface area contributed by atoms with E-state index in [2.05, 4.69) is 5.92 Å². The zero-order valence-electron chi connectivity index (χ0n) is 5.07. The number of benzene rings is 1. The second kappa shape index (κ2) is 3.24. The van der Waals surface area contributed by atoms with E-state index < -0.39 is 0 Å². The van der Waals surface area contributed by atoms with E-state index in [4.69, 9.17) is 11.6 Å². The lowest BCUT2D eigenvalue weighted by Gasteiger charge is -1.87. The fraction of sp³-hybridized carbons (Fsp3) is 0. The van der Waals surface area contributed by atoms with Crippen molar-refractivity contribution in [1.82, 2.24) is 0 Å². The monoisotopic (exact) mass is 154 g/mol. The minimum Gasteiger partial charge on any atom is -0.144 e. The summed E-state index contributed by atoms with van der Waals surface area (Å²) in [6.45, 7) is 0. The fourth-order valence-corrected chi connectivity index (χ4v) is 0.714. The molecule has 0 radical (unpaired) electrons. The van der Waals surface area contributed by atoms with Crippen LogP contribution in [-0.2, 0) is 0 Å². The highest BCUT2D eigenvalue weighted by Gasteiger charge is 1.85. The molecule has 2 heteroatoms. The second-order valence-corrected chi connectivity index (χ2v) is 2.16. The van der Waals surface area contributed by atoms with Gasteiger partial charge < -0.3 is 0 Å². The number of rotatable bonds is 0. The van der Waals surface area contributed by atoms with Crippen LogP contribution in [0, 0.1) is 12.1 Å². The van der Waals surface area contributed by atoms with Crippen LogP contribution in [0.1, 0.15) is 5.56 Å². The zero-order valence-corrected chi connectivity index (χ0v) is 5.82. The lowest BCUT2D eigenvalue weighted by Crippen LogP contribution is -1.70. The molecule has 0 aliphatic heterocycles. The third kappa shape index (κ3) is 1.75. The van der Waals surface area contributed by atoms with Crippen molar-refractivity contribution in [2.45, 2.75) is 0 Å². The van der Waals surface area contributed by atoms with Gasteiger partial charge in [0, 0.05) is 10.6 Å². The van der Waals surface area contributed by atoms with Gasteiger partial charge in [0.05, 0.1) is 0 Å². The van der Waals surface area contributed by atoms with Crippen molar-refractivity contribution in [1.29, 1.82) is 0 Å². The molecule has 1 aromatic carbocycles. The topological polar surface area (TPSA) is 0 Å². The average molecular weight is 155 g/mol. The Hall–Kier alpha value is -1.00. The second-order valence-electron chi connectivity index (χ2n) is 1.73. The molecule has 0 nitrogen and oxygen atoms in total. The Balaban J connectivity index is 2.97. The molecule has 0 atom stereocenters. The minimum atomic E-state index is 0.629. The third-order valence-corrected chi connectivity index (χ3v) is 1.29. The molecule has 0 aromatic heterocycles. The van der Waals surface area contributed by atoms with Gasteiger partial charge in [0.25, 0.3) is 0 Å². The van der Waals surface area contributed by atoms with E-state index in [1.54, 1.807) is 24.3 Å². The first kappa shape index (κ1) is 7.11. The van der Waals surface area contributed by atoms with E-state index in [0.29, 0.717) is 10.6 Å². The van der Waals surface area contributed by atoms with Gasteiger partial charge in [-0.05, 0) is 30.2 Å². The van der Waals surface area contributed by atoms with Gasteiger partial charge in [0.1, 0.15) is 6.17 Å². The number of hydrogen-bond donors (Lipinski definition) is 0. The maximum absolute atomic E-state index is 11.4. The number of hydrogen-bond acceptors (Lipinski definition) is 0. The molecule has 0 fully saturated rings. The molecule has 1 rings (SSSR count). The predicted molar refractivity (Wildman–Crippen MR) is 39.4 cm³/mol. The molecule has 0 bridgehead atoms. The Kier molecular flexibility index (Phi) is 2.30. The maximum atomic E-state index is 11.4. The van der Waals surface area contributed by atoms with Crippen molar-refractivity contribution in [3.8, 4) is 12.1 Å². The van der Waals surface area contributed by atoms with Gasteiger partial charge in [-0.1, -0.05) is 11.6 Å². The van der Waals surface area contributed by atoms with Gasteiger partial charge in [-0.2, -0.15) is 0 Å². The Bertz CT molecular complexity index is 266. The largest absolute Gasteiger partial charge is 0.144 e. The quantitative estimate of drug-likeness (QED) is 0.504. The van der Waals surface area contributed by atoms with Crippen LogP contribution in [0.3, 0.4) is 0 Å². The summed E-state index contributed by atoms with van der Waals surface area (Å²) >= 11 is 5.57. The Morgan fingerprint density at radius 3 is 2.30 bits per heavy atom. The van der Waals surface area contributed by atoms with Crippen molar-refractivity contribution < 1.29 is 4.39 Å². The molecular formula is C8H4ClF. The lowest BCUT2D eigenvalue weighted by atomic mass is 10.2. The fourth-order valence-electron chi connectivity index (χ4n) is 0.588. The van der Waals surface area contributed by atoms with Crippen LogP contribution in [0.2, 0.25) is 5.02 Å². The molecule has 50 valence electrons. The Morgan fingerprint density at radius 2 is 1.80 bits per heavy atom. The molecule has 0 saturated heterocycles.